The lowest BCUT2D eigenvalue weighted by atomic mass is 10.1. The SMILES string of the molecule is CC(I)CCOc1ccc2ccccc2c1. The van der Waals surface area contributed by atoms with Crippen molar-refractivity contribution in [1.82, 2.24) is 0 Å². The van der Waals surface area contributed by atoms with Crippen molar-refractivity contribution < 1.29 is 4.74 Å². The molecule has 1 unspecified atom stereocenters. The molecule has 0 radical (unpaired) electrons. The summed E-state index contributed by atoms with van der Waals surface area (Å²) >= 11 is 2.42. The van der Waals surface area contributed by atoms with Crippen LogP contribution in [-0.2, 0) is 0 Å². The van der Waals surface area contributed by atoms with Crippen molar-refractivity contribution in [3.63, 3.8) is 0 Å². The molecule has 2 aromatic rings. The van der Waals surface area contributed by atoms with Gasteiger partial charge in [-0.15, -0.1) is 0 Å². The molecule has 0 aliphatic heterocycles. The number of rotatable bonds is 4. The summed E-state index contributed by atoms with van der Waals surface area (Å²) in [5.41, 5.74) is 0. The number of alkyl halides is 1. The zero-order valence-corrected chi connectivity index (χ0v) is 11.5. The largest absolute Gasteiger partial charge is 0.494 e. The molecule has 0 spiro atoms. The fourth-order valence-corrected chi connectivity index (χ4v) is 1.85. The third-order valence-corrected chi connectivity index (χ3v) is 3.13. The van der Waals surface area contributed by atoms with Gasteiger partial charge in [-0.2, -0.15) is 0 Å². The van der Waals surface area contributed by atoms with Crippen molar-refractivity contribution in [3.05, 3.63) is 42.5 Å². The van der Waals surface area contributed by atoms with Crippen LogP contribution in [0.2, 0.25) is 0 Å². The van der Waals surface area contributed by atoms with Gasteiger partial charge < -0.3 is 4.74 Å². The van der Waals surface area contributed by atoms with Crippen LogP contribution in [0.4, 0.5) is 0 Å². The second-order valence-electron chi connectivity index (χ2n) is 3.93. The Kier molecular flexibility index (Phi) is 4.04. The number of benzene rings is 2. The Morgan fingerprint density at radius 3 is 2.62 bits per heavy atom. The van der Waals surface area contributed by atoms with Gasteiger partial charge in [0.25, 0.3) is 0 Å². The highest BCUT2D eigenvalue weighted by molar-refractivity contribution is 14.1. The third kappa shape index (κ3) is 3.11. The summed E-state index contributed by atoms with van der Waals surface area (Å²) < 4.78 is 6.38. The minimum Gasteiger partial charge on any atom is -0.494 e. The van der Waals surface area contributed by atoms with Crippen LogP contribution in [0.15, 0.2) is 42.5 Å². The van der Waals surface area contributed by atoms with Gasteiger partial charge in [-0.25, -0.2) is 0 Å². The Balaban J connectivity index is 2.08. The van der Waals surface area contributed by atoms with Crippen molar-refractivity contribution in [2.75, 3.05) is 6.61 Å². The summed E-state index contributed by atoms with van der Waals surface area (Å²) in [7, 11) is 0. The van der Waals surface area contributed by atoms with E-state index in [1.165, 1.54) is 10.8 Å². The van der Waals surface area contributed by atoms with Gasteiger partial charge in [0.1, 0.15) is 5.75 Å². The molecule has 0 saturated heterocycles. The molecule has 0 amide bonds. The summed E-state index contributed by atoms with van der Waals surface area (Å²) in [5, 5.41) is 2.50. The number of halogens is 1. The first kappa shape index (κ1) is 11.7. The summed E-state index contributed by atoms with van der Waals surface area (Å²) in [6.07, 6.45) is 1.09. The number of fused-ring (bicyclic) bond motifs is 1. The van der Waals surface area contributed by atoms with Gasteiger partial charge >= 0.3 is 0 Å². The molecule has 2 heteroatoms. The minimum atomic E-state index is 0.665. The van der Waals surface area contributed by atoms with Crippen LogP contribution >= 0.6 is 22.6 Å². The molecule has 0 N–H and O–H groups in total. The monoisotopic (exact) mass is 326 g/mol. The smallest absolute Gasteiger partial charge is 0.119 e. The Labute approximate surface area is 110 Å². The summed E-state index contributed by atoms with van der Waals surface area (Å²) in [6, 6.07) is 14.6. The maximum absolute atomic E-state index is 5.72. The lowest BCUT2D eigenvalue weighted by molar-refractivity contribution is 0.313. The van der Waals surface area contributed by atoms with Crippen molar-refractivity contribution in [2.24, 2.45) is 0 Å². The molecule has 1 nitrogen and oxygen atoms in total. The van der Waals surface area contributed by atoms with Crippen LogP contribution < -0.4 is 4.74 Å². The summed E-state index contributed by atoms with van der Waals surface area (Å²) in [5.74, 6) is 0.968. The molecule has 16 heavy (non-hydrogen) atoms. The third-order valence-electron chi connectivity index (χ3n) is 2.51. The molecule has 0 aliphatic carbocycles. The van der Waals surface area contributed by atoms with E-state index in [0.29, 0.717) is 3.92 Å². The molecule has 0 aliphatic rings. The zero-order valence-electron chi connectivity index (χ0n) is 9.32. The molecule has 0 bridgehead atoms. The highest BCUT2D eigenvalue weighted by Gasteiger charge is 1.99. The first-order valence-corrected chi connectivity index (χ1v) is 6.76. The van der Waals surface area contributed by atoms with Gasteiger partial charge in [-0.05, 0) is 29.3 Å². The maximum Gasteiger partial charge on any atom is 0.119 e. The standard InChI is InChI=1S/C14H15IO/c1-11(15)8-9-16-14-7-6-12-4-2-3-5-13(12)10-14/h2-7,10-11H,8-9H2,1H3. The van der Waals surface area contributed by atoms with Crippen LogP contribution in [0.1, 0.15) is 13.3 Å². The highest BCUT2D eigenvalue weighted by atomic mass is 127. The second kappa shape index (κ2) is 5.53. The molecular formula is C14H15IO. The lowest BCUT2D eigenvalue weighted by Crippen LogP contribution is -2.02. The first-order valence-electron chi connectivity index (χ1n) is 5.51. The molecule has 0 fully saturated rings. The van der Waals surface area contributed by atoms with E-state index < -0.39 is 0 Å². The van der Waals surface area contributed by atoms with E-state index in [2.05, 4.69) is 65.9 Å². The van der Waals surface area contributed by atoms with Crippen LogP contribution in [0, 0.1) is 0 Å². The Bertz CT molecular complexity index is 465. The van der Waals surface area contributed by atoms with E-state index in [0.717, 1.165) is 18.8 Å². The second-order valence-corrected chi connectivity index (χ2v) is 6.05. The maximum atomic E-state index is 5.72. The first-order chi connectivity index (χ1) is 7.75. The van der Waals surface area contributed by atoms with Gasteiger partial charge in [0, 0.05) is 3.92 Å². The fourth-order valence-electron chi connectivity index (χ4n) is 1.60. The lowest BCUT2D eigenvalue weighted by Gasteiger charge is -2.08. The molecule has 2 aromatic carbocycles. The van der Waals surface area contributed by atoms with E-state index in [1.54, 1.807) is 0 Å². The average Bonchev–Trinajstić information content (AvgIpc) is 2.28. The van der Waals surface area contributed by atoms with Gasteiger partial charge in [0.05, 0.1) is 6.61 Å². The molecule has 84 valence electrons. The van der Waals surface area contributed by atoms with Crippen LogP contribution in [0.5, 0.6) is 5.75 Å². The minimum absolute atomic E-state index is 0.665. The van der Waals surface area contributed by atoms with Crippen LogP contribution in [0.3, 0.4) is 0 Å². The summed E-state index contributed by atoms with van der Waals surface area (Å²) in [4.78, 5) is 0. The van der Waals surface area contributed by atoms with Crippen molar-refractivity contribution in [1.29, 1.82) is 0 Å². The molecule has 0 saturated carbocycles. The Morgan fingerprint density at radius 2 is 1.88 bits per heavy atom. The normalized spacial score (nSPS) is 12.6. The average molecular weight is 326 g/mol. The van der Waals surface area contributed by atoms with Crippen LogP contribution in [-0.4, -0.2) is 10.5 Å². The molecule has 0 aromatic heterocycles. The van der Waals surface area contributed by atoms with Crippen molar-refractivity contribution >= 4 is 33.4 Å². The Hall–Kier alpha value is -0.770. The molecule has 2 rings (SSSR count). The van der Waals surface area contributed by atoms with Crippen molar-refractivity contribution in [2.45, 2.75) is 17.3 Å². The number of hydrogen-bond acceptors (Lipinski definition) is 1. The number of ether oxygens (including phenoxy) is 1. The van der Waals surface area contributed by atoms with Gasteiger partial charge in [-0.3, -0.25) is 0 Å². The van der Waals surface area contributed by atoms with Crippen LogP contribution in [0.25, 0.3) is 10.8 Å². The summed E-state index contributed by atoms with van der Waals surface area (Å²) in [6.45, 7) is 2.99. The topological polar surface area (TPSA) is 9.23 Å². The fraction of sp³-hybridized carbons (Fsp3) is 0.286. The predicted octanol–water partition coefficient (Wildman–Crippen LogP) is 4.43. The molecule has 0 heterocycles. The van der Waals surface area contributed by atoms with Gasteiger partial charge in [0.15, 0.2) is 0 Å². The Morgan fingerprint density at radius 1 is 1.12 bits per heavy atom. The van der Waals surface area contributed by atoms with E-state index >= 15 is 0 Å². The predicted molar refractivity (Wildman–Crippen MR) is 77.5 cm³/mol. The van der Waals surface area contributed by atoms with Crippen molar-refractivity contribution in [3.8, 4) is 5.75 Å². The van der Waals surface area contributed by atoms with Gasteiger partial charge in [0.2, 0.25) is 0 Å². The van der Waals surface area contributed by atoms with E-state index in [-0.39, 0.29) is 0 Å². The van der Waals surface area contributed by atoms with E-state index in [4.69, 9.17) is 4.74 Å². The van der Waals surface area contributed by atoms with E-state index in [1.807, 2.05) is 6.07 Å². The molecule has 1 atom stereocenters. The number of hydrogen-bond donors (Lipinski definition) is 0. The van der Waals surface area contributed by atoms with E-state index in [9.17, 15) is 0 Å². The highest BCUT2D eigenvalue weighted by Crippen LogP contribution is 2.20. The molecular weight excluding hydrogens is 311 g/mol. The quantitative estimate of drug-likeness (QED) is 0.596. The van der Waals surface area contributed by atoms with Gasteiger partial charge in [-0.1, -0.05) is 59.8 Å². The zero-order chi connectivity index (χ0) is 11.4.